The fraction of sp³-hybridized carbons (Fsp3) is 0.304. The molecule has 8 heteroatoms. The van der Waals surface area contributed by atoms with Gasteiger partial charge < -0.3 is 5.32 Å². The van der Waals surface area contributed by atoms with E-state index >= 15 is 0 Å². The minimum Gasteiger partial charge on any atom is -0.348 e. The summed E-state index contributed by atoms with van der Waals surface area (Å²) in [6.07, 6.45) is 4.63. The molecule has 0 aliphatic carbocycles. The maximum atomic E-state index is 12.7. The van der Waals surface area contributed by atoms with Crippen molar-refractivity contribution < 1.29 is 13.2 Å². The van der Waals surface area contributed by atoms with Crippen molar-refractivity contribution in [2.45, 2.75) is 37.6 Å². The SMILES string of the molecule is Cc1ccnn1-c1ccc(C(=O)NCc2ccc(S(=O)(=O)N3CCCCC3)cc2)cc1. The molecule has 0 unspecified atom stereocenters. The summed E-state index contributed by atoms with van der Waals surface area (Å²) in [7, 11) is -3.44. The van der Waals surface area contributed by atoms with Crippen molar-refractivity contribution in [2.24, 2.45) is 0 Å². The summed E-state index contributed by atoms with van der Waals surface area (Å²) in [4.78, 5) is 12.8. The van der Waals surface area contributed by atoms with Crippen LogP contribution in [0.3, 0.4) is 0 Å². The fourth-order valence-electron chi connectivity index (χ4n) is 3.71. The number of hydrogen-bond acceptors (Lipinski definition) is 4. The Morgan fingerprint density at radius 2 is 1.65 bits per heavy atom. The van der Waals surface area contributed by atoms with E-state index in [9.17, 15) is 13.2 Å². The lowest BCUT2D eigenvalue weighted by atomic mass is 10.1. The molecule has 1 N–H and O–H groups in total. The smallest absolute Gasteiger partial charge is 0.251 e. The van der Waals surface area contributed by atoms with Crippen LogP contribution < -0.4 is 5.32 Å². The molecule has 1 saturated heterocycles. The molecule has 2 aromatic carbocycles. The molecule has 0 spiro atoms. The Bertz CT molecular complexity index is 1150. The monoisotopic (exact) mass is 438 g/mol. The summed E-state index contributed by atoms with van der Waals surface area (Å²) in [6.45, 7) is 3.46. The lowest BCUT2D eigenvalue weighted by Crippen LogP contribution is -2.35. The number of aromatic nitrogens is 2. The maximum Gasteiger partial charge on any atom is 0.251 e. The predicted octanol–water partition coefficient (Wildman–Crippen LogP) is 3.29. The van der Waals surface area contributed by atoms with Crippen LogP contribution in [0.15, 0.2) is 65.7 Å². The van der Waals surface area contributed by atoms with Crippen LogP contribution in [0.1, 0.15) is 40.9 Å². The topological polar surface area (TPSA) is 84.3 Å². The van der Waals surface area contributed by atoms with Crippen LogP contribution in [-0.4, -0.2) is 41.5 Å². The Hall–Kier alpha value is -2.97. The Morgan fingerprint density at radius 3 is 2.26 bits per heavy atom. The summed E-state index contributed by atoms with van der Waals surface area (Å²) in [6, 6.07) is 15.9. The first kappa shape index (κ1) is 21.3. The molecule has 162 valence electrons. The second-order valence-corrected chi connectivity index (χ2v) is 9.66. The molecule has 1 amide bonds. The first-order chi connectivity index (χ1) is 14.9. The van der Waals surface area contributed by atoms with Gasteiger partial charge >= 0.3 is 0 Å². The van der Waals surface area contributed by atoms with Gasteiger partial charge in [0.2, 0.25) is 10.0 Å². The standard InChI is InChI=1S/C23H26N4O3S/c1-18-13-14-25-27(18)21-9-7-20(8-10-21)23(28)24-17-19-5-11-22(12-6-19)31(29,30)26-15-3-2-4-16-26/h5-14H,2-4,15-17H2,1H3,(H,24,28). The van der Waals surface area contributed by atoms with Gasteiger partial charge in [-0.15, -0.1) is 0 Å². The van der Waals surface area contributed by atoms with Crippen molar-refractivity contribution in [2.75, 3.05) is 13.1 Å². The zero-order valence-electron chi connectivity index (χ0n) is 17.5. The van der Waals surface area contributed by atoms with Gasteiger partial charge in [-0.1, -0.05) is 18.6 Å². The van der Waals surface area contributed by atoms with Crippen LogP contribution in [0, 0.1) is 6.92 Å². The van der Waals surface area contributed by atoms with E-state index in [1.54, 1.807) is 51.6 Å². The van der Waals surface area contributed by atoms with E-state index in [4.69, 9.17) is 0 Å². The van der Waals surface area contributed by atoms with Crippen molar-refractivity contribution in [3.8, 4) is 5.69 Å². The number of amides is 1. The van der Waals surface area contributed by atoms with Gasteiger partial charge in [0.15, 0.2) is 0 Å². The van der Waals surface area contributed by atoms with Gasteiger partial charge in [-0.25, -0.2) is 13.1 Å². The van der Waals surface area contributed by atoms with Crippen molar-refractivity contribution in [3.63, 3.8) is 0 Å². The first-order valence-electron chi connectivity index (χ1n) is 10.4. The number of rotatable bonds is 6. The molecule has 3 aromatic rings. The lowest BCUT2D eigenvalue weighted by molar-refractivity contribution is 0.0951. The van der Waals surface area contributed by atoms with Crippen LogP contribution in [0.25, 0.3) is 5.69 Å². The molecule has 1 aliphatic rings. The lowest BCUT2D eigenvalue weighted by Gasteiger charge is -2.25. The van der Waals surface area contributed by atoms with Gasteiger partial charge in [0.05, 0.1) is 10.6 Å². The summed E-state index contributed by atoms with van der Waals surface area (Å²) < 4.78 is 28.8. The number of nitrogens with zero attached hydrogens (tertiary/aromatic N) is 3. The number of nitrogens with one attached hydrogen (secondary N) is 1. The molecule has 0 atom stereocenters. The van der Waals surface area contributed by atoms with E-state index < -0.39 is 10.0 Å². The number of hydrogen-bond donors (Lipinski definition) is 1. The van der Waals surface area contributed by atoms with Crippen molar-refractivity contribution in [1.29, 1.82) is 0 Å². The van der Waals surface area contributed by atoms with E-state index in [0.29, 0.717) is 30.1 Å². The molecular weight excluding hydrogens is 412 g/mol. The Labute approximate surface area is 182 Å². The third-order valence-corrected chi connectivity index (χ3v) is 7.45. The number of aryl methyl sites for hydroxylation is 1. The van der Waals surface area contributed by atoms with Gasteiger partial charge in [-0.3, -0.25) is 4.79 Å². The number of carbonyl (C=O) groups is 1. The minimum absolute atomic E-state index is 0.186. The molecule has 0 radical (unpaired) electrons. The molecule has 1 aromatic heterocycles. The molecule has 1 aliphatic heterocycles. The van der Waals surface area contributed by atoms with Gasteiger partial charge in [-0.05, 0) is 67.8 Å². The molecule has 0 saturated carbocycles. The van der Waals surface area contributed by atoms with Gasteiger partial charge in [-0.2, -0.15) is 9.40 Å². The maximum absolute atomic E-state index is 12.7. The highest BCUT2D eigenvalue weighted by molar-refractivity contribution is 7.89. The van der Waals surface area contributed by atoms with Crippen LogP contribution in [0.2, 0.25) is 0 Å². The fourth-order valence-corrected chi connectivity index (χ4v) is 5.23. The summed E-state index contributed by atoms with van der Waals surface area (Å²) >= 11 is 0. The van der Waals surface area contributed by atoms with Crippen LogP contribution in [0.5, 0.6) is 0 Å². The average Bonchev–Trinajstić information content (AvgIpc) is 3.24. The second kappa shape index (κ2) is 9.03. The highest BCUT2D eigenvalue weighted by Gasteiger charge is 2.25. The Morgan fingerprint density at radius 1 is 0.968 bits per heavy atom. The molecular formula is C23H26N4O3S. The van der Waals surface area contributed by atoms with E-state index in [1.165, 1.54) is 0 Å². The third-order valence-electron chi connectivity index (χ3n) is 5.54. The van der Waals surface area contributed by atoms with Gasteiger partial charge in [0.25, 0.3) is 5.91 Å². The van der Waals surface area contributed by atoms with E-state index in [-0.39, 0.29) is 5.91 Å². The summed E-state index contributed by atoms with van der Waals surface area (Å²) in [5.41, 5.74) is 3.31. The van der Waals surface area contributed by atoms with Crippen molar-refractivity contribution >= 4 is 15.9 Å². The third kappa shape index (κ3) is 4.70. The molecule has 1 fully saturated rings. The van der Waals surface area contributed by atoms with Crippen molar-refractivity contribution in [3.05, 3.63) is 77.6 Å². The number of carbonyl (C=O) groups excluding carboxylic acids is 1. The molecule has 2 heterocycles. The number of piperidine rings is 1. The second-order valence-electron chi connectivity index (χ2n) is 7.72. The molecule has 31 heavy (non-hydrogen) atoms. The van der Waals surface area contributed by atoms with E-state index in [2.05, 4.69) is 10.4 Å². The van der Waals surface area contributed by atoms with Crippen LogP contribution in [0.4, 0.5) is 0 Å². The highest BCUT2D eigenvalue weighted by Crippen LogP contribution is 2.21. The quantitative estimate of drug-likeness (QED) is 0.640. The largest absolute Gasteiger partial charge is 0.348 e. The van der Waals surface area contributed by atoms with Gasteiger partial charge in [0.1, 0.15) is 0 Å². The molecule has 0 bridgehead atoms. The summed E-state index contributed by atoms with van der Waals surface area (Å²) in [5.74, 6) is -0.186. The van der Waals surface area contributed by atoms with E-state index in [0.717, 1.165) is 36.2 Å². The van der Waals surface area contributed by atoms with Crippen LogP contribution >= 0.6 is 0 Å². The number of benzene rings is 2. The zero-order chi connectivity index (χ0) is 21.8. The Kier molecular flexibility index (Phi) is 6.20. The summed E-state index contributed by atoms with van der Waals surface area (Å²) in [5, 5.41) is 7.14. The zero-order valence-corrected chi connectivity index (χ0v) is 18.3. The molecule has 4 rings (SSSR count). The predicted molar refractivity (Wildman–Crippen MR) is 119 cm³/mol. The van der Waals surface area contributed by atoms with E-state index in [1.807, 2.05) is 25.1 Å². The average molecular weight is 439 g/mol. The van der Waals surface area contributed by atoms with Gasteiger partial charge in [0, 0.05) is 37.1 Å². The number of sulfonamides is 1. The minimum atomic E-state index is -3.44. The molecule has 7 nitrogen and oxygen atoms in total. The highest BCUT2D eigenvalue weighted by atomic mass is 32.2. The van der Waals surface area contributed by atoms with Crippen LogP contribution in [-0.2, 0) is 16.6 Å². The first-order valence-corrected chi connectivity index (χ1v) is 11.9. The Balaban J connectivity index is 1.37. The normalized spacial score (nSPS) is 15.0. The van der Waals surface area contributed by atoms with Crippen molar-refractivity contribution in [1.82, 2.24) is 19.4 Å².